The Morgan fingerprint density at radius 2 is 2.00 bits per heavy atom. The average Bonchev–Trinajstić information content (AvgIpc) is 3.43. The molecule has 0 saturated carbocycles. The molecule has 0 amide bonds. The van der Waals surface area contributed by atoms with Gasteiger partial charge in [-0.25, -0.2) is 0 Å². The highest BCUT2D eigenvalue weighted by Crippen LogP contribution is 2.47. The summed E-state index contributed by atoms with van der Waals surface area (Å²) < 4.78 is 22.3. The van der Waals surface area contributed by atoms with E-state index in [9.17, 15) is 5.26 Å². The number of nitrogens with one attached hydrogen (secondary N) is 1. The lowest BCUT2D eigenvalue weighted by molar-refractivity contribution is 0.174. The molecule has 8 heteroatoms. The van der Waals surface area contributed by atoms with Crippen LogP contribution in [0, 0.1) is 11.3 Å². The zero-order valence-corrected chi connectivity index (χ0v) is 16.8. The number of hydrogen-bond acceptors (Lipinski definition) is 7. The van der Waals surface area contributed by atoms with Gasteiger partial charge in [0.15, 0.2) is 11.5 Å². The number of nitriles is 1. The summed E-state index contributed by atoms with van der Waals surface area (Å²) in [6.45, 7) is 2.90. The van der Waals surface area contributed by atoms with Crippen LogP contribution in [0.4, 0.5) is 0 Å². The molecule has 3 N–H and O–H groups in total. The van der Waals surface area contributed by atoms with E-state index < -0.39 is 5.92 Å². The minimum Gasteiger partial charge on any atom is -0.494 e. The van der Waals surface area contributed by atoms with Crippen LogP contribution in [0.3, 0.4) is 0 Å². The Balaban J connectivity index is 1.60. The summed E-state index contributed by atoms with van der Waals surface area (Å²) in [7, 11) is 0. The van der Waals surface area contributed by atoms with Crippen LogP contribution < -0.4 is 24.7 Å². The van der Waals surface area contributed by atoms with Gasteiger partial charge in [-0.2, -0.15) is 5.26 Å². The fraction of sp³-hybridized carbons (Fsp3) is 0.217. The maximum Gasteiger partial charge on any atom is 0.244 e. The van der Waals surface area contributed by atoms with Crippen LogP contribution >= 0.6 is 0 Å². The van der Waals surface area contributed by atoms with Crippen LogP contribution in [0.1, 0.15) is 30.4 Å². The number of allylic oxidation sites excluding steroid dienone is 1. The smallest absolute Gasteiger partial charge is 0.244 e. The van der Waals surface area contributed by atoms with Crippen molar-refractivity contribution in [2.24, 2.45) is 5.73 Å². The van der Waals surface area contributed by atoms with E-state index in [1.807, 2.05) is 42.5 Å². The van der Waals surface area contributed by atoms with Crippen LogP contribution in [0.5, 0.6) is 23.1 Å². The normalized spacial score (nSPS) is 16.5. The molecular weight excluding hydrogens is 396 g/mol. The molecule has 0 unspecified atom stereocenters. The van der Waals surface area contributed by atoms with Gasteiger partial charge in [0.2, 0.25) is 18.6 Å². The van der Waals surface area contributed by atoms with Gasteiger partial charge >= 0.3 is 0 Å². The molecule has 0 bridgehead atoms. The second-order valence-electron chi connectivity index (χ2n) is 7.23. The zero-order chi connectivity index (χ0) is 21.4. The molecule has 156 valence electrons. The van der Waals surface area contributed by atoms with E-state index in [4.69, 9.17) is 24.7 Å². The highest BCUT2D eigenvalue weighted by atomic mass is 16.7. The third kappa shape index (κ3) is 3.20. The topological polar surface area (TPSA) is 115 Å². The maximum atomic E-state index is 9.86. The Labute approximate surface area is 178 Å². The molecule has 31 heavy (non-hydrogen) atoms. The first-order valence-electron chi connectivity index (χ1n) is 9.98. The molecule has 5 rings (SSSR count). The van der Waals surface area contributed by atoms with Gasteiger partial charge in [0.05, 0.1) is 23.8 Å². The highest BCUT2D eigenvalue weighted by Gasteiger charge is 2.36. The molecule has 3 aromatic rings. The maximum absolute atomic E-state index is 9.86. The molecule has 8 nitrogen and oxygen atoms in total. The molecule has 0 aliphatic carbocycles. The van der Waals surface area contributed by atoms with Gasteiger partial charge in [0, 0.05) is 5.56 Å². The van der Waals surface area contributed by atoms with Gasteiger partial charge in [0.1, 0.15) is 17.4 Å². The lowest BCUT2D eigenvalue weighted by Gasteiger charge is -2.24. The average molecular weight is 416 g/mol. The van der Waals surface area contributed by atoms with E-state index in [1.54, 1.807) is 0 Å². The molecule has 2 aromatic carbocycles. The van der Waals surface area contributed by atoms with Crippen molar-refractivity contribution in [2.75, 3.05) is 13.4 Å². The summed E-state index contributed by atoms with van der Waals surface area (Å²) in [5, 5.41) is 17.2. The van der Waals surface area contributed by atoms with E-state index in [-0.39, 0.29) is 12.7 Å². The van der Waals surface area contributed by atoms with Crippen molar-refractivity contribution in [3.8, 4) is 40.5 Å². The van der Waals surface area contributed by atoms with E-state index >= 15 is 0 Å². The van der Waals surface area contributed by atoms with E-state index in [2.05, 4.69) is 23.2 Å². The fourth-order valence-electron chi connectivity index (χ4n) is 3.83. The number of rotatable bonds is 5. The van der Waals surface area contributed by atoms with Crippen LogP contribution in [0.15, 0.2) is 53.9 Å². The van der Waals surface area contributed by atoms with Crippen LogP contribution in [-0.2, 0) is 0 Å². The molecule has 0 spiro atoms. The number of nitrogens with zero attached hydrogens (tertiary/aromatic N) is 2. The minimum atomic E-state index is -0.465. The van der Waals surface area contributed by atoms with Gasteiger partial charge in [-0.1, -0.05) is 13.0 Å². The van der Waals surface area contributed by atoms with E-state index in [1.165, 1.54) is 0 Å². The predicted octanol–water partition coefficient (Wildman–Crippen LogP) is 3.81. The number of aromatic amines is 1. The SMILES string of the molecule is CCCOc1ccc(-c2[nH]nc3c2[C@@H](c2ccc4c(c2)OCO4)C(C#N)=C(N)O3)cc1. The van der Waals surface area contributed by atoms with Gasteiger partial charge in [-0.15, -0.1) is 5.10 Å². The summed E-state index contributed by atoms with van der Waals surface area (Å²) >= 11 is 0. The minimum absolute atomic E-state index is 0.0408. The first-order valence-corrected chi connectivity index (χ1v) is 9.98. The monoisotopic (exact) mass is 416 g/mol. The summed E-state index contributed by atoms with van der Waals surface area (Å²) in [4.78, 5) is 0. The van der Waals surface area contributed by atoms with E-state index in [0.717, 1.165) is 34.6 Å². The Morgan fingerprint density at radius 1 is 1.19 bits per heavy atom. The number of nitrogens with two attached hydrogens (primary N) is 1. The van der Waals surface area contributed by atoms with Gasteiger partial charge < -0.3 is 24.7 Å². The molecular formula is C23H20N4O4. The van der Waals surface area contributed by atoms with Crippen molar-refractivity contribution in [1.82, 2.24) is 10.2 Å². The second-order valence-corrected chi connectivity index (χ2v) is 7.23. The van der Waals surface area contributed by atoms with Gasteiger partial charge in [0.25, 0.3) is 0 Å². The summed E-state index contributed by atoms with van der Waals surface area (Å²) in [5.74, 6) is 2.02. The Bertz CT molecular complexity index is 1210. The lowest BCUT2D eigenvalue weighted by Crippen LogP contribution is -2.21. The highest BCUT2D eigenvalue weighted by molar-refractivity contribution is 5.71. The molecule has 0 saturated heterocycles. The molecule has 3 heterocycles. The van der Waals surface area contributed by atoms with Crippen molar-refractivity contribution in [3.05, 3.63) is 65.0 Å². The predicted molar refractivity (Wildman–Crippen MR) is 112 cm³/mol. The Morgan fingerprint density at radius 3 is 2.77 bits per heavy atom. The molecule has 1 aromatic heterocycles. The molecule has 0 fully saturated rings. The van der Waals surface area contributed by atoms with Crippen molar-refractivity contribution in [3.63, 3.8) is 0 Å². The Kier molecular flexibility index (Phi) is 4.64. The summed E-state index contributed by atoms with van der Waals surface area (Å²) in [5.41, 5.74) is 9.60. The molecule has 0 radical (unpaired) electrons. The Hall–Kier alpha value is -4.12. The van der Waals surface area contributed by atoms with E-state index in [0.29, 0.717) is 29.6 Å². The zero-order valence-electron chi connectivity index (χ0n) is 16.8. The van der Waals surface area contributed by atoms with Gasteiger partial charge in [-0.05, 0) is 48.4 Å². The quantitative estimate of drug-likeness (QED) is 0.650. The van der Waals surface area contributed by atoms with Crippen molar-refractivity contribution in [2.45, 2.75) is 19.3 Å². The second kappa shape index (κ2) is 7.61. The van der Waals surface area contributed by atoms with Crippen LogP contribution in [0.25, 0.3) is 11.3 Å². The number of aromatic nitrogens is 2. The molecule has 1 atom stereocenters. The number of ether oxygens (including phenoxy) is 4. The number of benzene rings is 2. The fourth-order valence-corrected chi connectivity index (χ4v) is 3.83. The number of fused-ring (bicyclic) bond motifs is 2. The third-order valence-corrected chi connectivity index (χ3v) is 5.28. The standard InChI is InChI=1S/C23H20N4O4/c1-2-9-28-15-6-3-13(4-7-15)21-20-19(14-5-8-17-18(10-14)30-12-29-17)16(11-24)22(25)31-23(20)27-26-21/h3-8,10,19H,2,9,12,25H2,1H3,(H,26,27)/t19-/m0/s1. The van der Waals surface area contributed by atoms with Crippen molar-refractivity contribution < 1.29 is 18.9 Å². The van der Waals surface area contributed by atoms with Crippen LogP contribution in [-0.4, -0.2) is 23.6 Å². The third-order valence-electron chi connectivity index (χ3n) is 5.28. The van der Waals surface area contributed by atoms with Crippen LogP contribution in [0.2, 0.25) is 0 Å². The number of H-pyrrole nitrogens is 1. The lowest BCUT2D eigenvalue weighted by atomic mass is 9.83. The first kappa shape index (κ1) is 18.9. The number of hydrogen-bond donors (Lipinski definition) is 2. The van der Waals surface area contributed by atoms with Crippen molar-refractivity contribution in [1.29, 1.82) is 5.26 Å². The largest absolute Gasteiger partial charge is 0.494 e. The van der Waals surface area contributed by atoms with Gasteiger partial charge in [-0.3, -0.25) is 5.10 Å². The summed E-state index contributed by atoms with van der Waals surface area (Å²) in [6.07, 6.45) is 0.940. The van der Waals surface area contributed by atoms with Crippen molar-refractivity contribution >= 4 is 0 Å². The molecule has 2 aliphatic heterocycles. The first-order chi connectivity index (χ1) is 15.2. The molecule has 2 aliphatic rings. The summed E-state index contributed by atoms with van der Waals surface area (Å²) in [6, 6.07) is 15.5.